The molecule has 0 radical (unpaired) electrons. The zero-order valence-corrected chi connectivity index (χ0v) is 14.0. The van der Waals surface area contributed by atoms with Gasteiger partial charge in [0.2, 0.25) is 0 Å². The molecule has 0 spiro atoms. The van der Waals surface area contributed by atoms with Crippen molar-refractivity contribution >= 4 is 17.8 Å². The van der Waals surface area contributed by atoms with Gasteiger partial charge in [0, 0.05) is 16.7 Å². The van der Waals surface area contributed by atoms with E-state index in [1.54, 1.807) is 30.3 Å². The normalized spacial score (nSPS) is 11.6. The van der Waals surface area contributed by atoms with Gasteiger partial charge in [-0.25, -0.2) is 0 Å². The van der Waals surface area contributed by atoms with E-state index >= 15 is 0 Å². The van der Waals surface area contributed by atoms with Crippen LogP contribution in [0.3, 0.4) is 0 Å². The summed E-state index contributed by atoms with van der Waals surface area (Å²) in [5.41, 5.74) is -0.238. The molecule has 6 nitrogen and oxygen atoms in total. The number of hydrogen-bond acceptors (Lipinski definition) is 6. The van der Waals surface area contributed by atoms with Gasteiger partial charge >= 0.3 is 0 Å². The lowest BCUT2D eigenvalue weighted by atomic mass is 9.94. The summed E-state index contributed by atoms with van der Waals surface area (Å²) >= 11 is 0. The standard InChI is InChI=1S/C19H18O6/c1-10(15(21)12-7-5-4-6-8-12)16(22)14-17(23)11(2)19(25-3)13(9-20)18(14)24/h4-9,21,23-24H,1-3H3/b15-10-. The first-order valence-electron chi connectivity index (χ1n) is 7.42. The second kappa shape index (κ2) is 7.09. The highest BCUT2D eigenvalue weighted by molar-refractivity contribution is 6.16. The summed E-state index contributed by atoms with van der Waals surface area (Å²) in [5.74, 6) is -2.31. The minimum atomic E-state index is -0.801. The van der Waals surface area contributed by atoms with E-state index < -0.39 is 22.8 Å². The molecule has 2 rings (SSSR count). The lowest BCUT2D eigenvalue weighted by Gasteiger charge is -2.16. The number of carbonyl (C=O) groups is 2. The third-order valence-corrected chi connectivity index (χ3v) is 3.96. The second-order valence-electron chi connectivity index (χ2n) is 5.43. The van der Waals surface area contributed by atoms with Crippen molar-refractivity contribution in [3.63, 3.8) is 0 Å². The number of carbonyl (C=O) groups excluding carboxylic acids is 2. The van der Waals surface area contributed by atoms with Crippen molar-refractivity contribution in [2.45, 2.75) is 13.8 Å². The van der Waals surface area contributed by atoms with E-state index in [1.807, 2.05) is 0 Å². The Balaban J connectivity index is 2.68. The van der Waals surface area contributed by atoms with Crippen LogP contribution in [0.5, 0.6) is 17.2 Å². The number of methoxy groups -OCH3 is 1. The van der Waals surface area contributed by atoms with Gasteiger partial charge in [-0.05, 0) is 13.8 Å². The Morgan fingerprint density at radius 2 is 1.72 bits per heavy atom. The zero-order chi connectivity index (χ0) is 18.7. The SMILES string of the molecule is COc1c(C)c(O)c(C(=O)/C(C)=C(\O)c2ccccc2)c(O)c1C=O. The van der Waals surface area contributed by atoms with E-state index in [4.69, 9.17) is 4.74 Å². The van der Waals surface area contributed by atoms with Gasteiger partial charge in [-0.1, -0.05) is 30.3 Å². The number of ketones is 1. The quantitative estimate of drug-likeness (QED) is 0.333. The Hall–Kier alpha value is -3.28. The summed E-state index contributed by atoms with van der Waals surface area (Å²) < 4.78 is 5.02. The average molecular weight is 342 g/mol. The van der Waals surface area contributed by atoms with Crippen molar-refractivity contribution in [3.05, 3.63) is 58.2 Å². The number of ether oxygens (including phenoxy) is 1. The molecule has 0 saturated heterocycles. The molecule has 25 heavy (non-hydrogen) atoms. The molecule has 0 heterocycles. The first-order valence-corrected chi connectivity index (χ1v) is 7.42. The molecule has 0 fully saturated rings. The Bertz CT molecular complexity index is 865. The van der Waals surface area contributed by atoms with Gasteiger partial charge in [-0.2, -0.15) is 0 Å². The highest BCUT2D eigenvalue weighted by atomic mass is 16.5. The summed E-state index contributed by atoms with van der Waals surface area (Å²) in [5, 5.41) is 30.9. The molecule has 0 amide bonds. The smallest absolute Gasteiger partial charge is 0.199 e. The molecule has 2 aromatic carbocycles. The van der Waals surface area contributed by atoms with Crippen LogP contribution in [0.15, 0.2) is 35.9 Å². The van der Waals surface area contributed by atoms with Crippen LogP contribution in [0.4, 0.5) is 0 Å². The van der Waals surface area contributed by atoms with Crippen molar-refractivity contribution < 1.29 is 29.6 Å². The molecule has 0 aliphatic heterocycles. The Morgan fingerprint density at radius 1 is 1.12 bits per heavy atom. The van der Waals surface area contributed by atoms with E-state index in [-0.39, 0.29) is 28.2 Å². The number of Topliss-reactive ketones (excluding diaryl/α,β-unsaturated/α-hetero) is 1. The fourth-order valence-corrected chi connectivity index (χ4v) is 2.55. The van der Waals surface area contributed by atoms with E-state index in [1.165, 1.54) is 21.0 Å². The van der Waals surface area contributed by atoms with Crippen LogP contribution in [0.25, 0.3) is 5.76 Å². The first kappa shape index (κ1) is 18.1. The van der Waals surface area contributed by atoms with Crippen LogP contribution in [-0.2, 0) is 0 Å². The minimum absolute atomic E-state index is 0.0181. The topological polar surface area (TPSA) is 104 Å². The van der Waals surface area contributed by atoms with Crippen molar-refractivity contribution in [1.29, 1.82) is 0 Å². The van der Waals surface area contributed by atoms with Gasteiger partial charge < -0.3 is 20.1 Å². The molecule has 2 aromatic rings. The molecule has 0 unspecified atom stereocenters. The molecule has 0 atom stereocenters. The highest BCUT2D eigenvalue weighted by Gasteiger charge is 2.28. The van der Waals surface area contributed by atoms with Crippen LogP contribution >= 0.6 is 0 Å². The zero-order valence-electron chi connectivity index (χ0n) is 14.0. The summed E-state index contributed by atoms with van der Waals surface area (Å²) in [6.45, 7) is 2.82. The van der Waals surface area contributed by atoms with Crippen LogP contribution < -0.4 is 4.74 Å². The highest BCUT2D eigenvalue weighted by Crippen LogP contribution is 2.42. The number of aromatic hydroxyl groups is 2. The third-order valence-electron chi connectivity index (χ3n) is 3.96. The number of rotatable bonds is 5. The van der Waals surface area contributed by atoms with E-state index in [2.05, 4.69) is 0 Å². The summed E-state index contributed by atoms with van der Waals surface area (Å²) in [6, 6.07) is 8.37. The Labute approximate surface area is 144 Å². The van der Waals surface area contributed by atoms with Crippen LogP contribution in [0.1, 0.15) is 38.8 Å². The maximum atomic E-state index is 12.7. The summed E-state index contributed by atoms with van der Waals surface area (Å²) in [7, 11) is 1.28. The lowest BCUT2D eigenvalue weighted by molar-refractivity contribution is 0.102. The average Bonchev–Trinajstić information content (AvgIpc) is 2.63. The molecule has 0 aliphatic rings. The third kappa shape index (κ3) is 3.06. The fraction of sp³-hybridized carbons (Fsp3) is 0.158. The second-order valence-corrected chi connectivity index (χ2v) is 5.43. The summed E-state index contributed by atoms with van der Waals surface area (Å²) in [6.07, 6.45) is 0.341. The number of aliphatic hydroxyl groups is 1. The summed E-state index contributed by atoms with van der Waals surface area (Å²) in [4.78, 5) is 24.0. The van der Waals surface area contributed by atoms with Crippen molar-refractivity contribution in [2.24, 2.45) is 0 Å². The predicted molar refractivity (Wildman–Crippen MR) is 92.4 cm³/mol. The van der Waals surface area contributed by atoms with Crippen molar-refractivity contribution in [1.82, 2.24) is 0 Å². The number of phenols is 2. The van der Waals surface area contributed by atoms with Gasteiger partial charge in [0.05, 0.1) is 12.7 Å². The molecule has 0 aliphatic carbocycles. The van der Waals surface area contributed by atoms with Crippen LogP contribution in [0.2, 0.25) is 0 Å². The number of hydrogen-bond donors (Lipinski definition) is 3. The van der Waals surface area contributed by atoms with E-state index in [0.717, 1.165) is 0 Å². The molecule has 3 N–H and O–H groups in total. The molecule has 0 aromatic heterocycles. The number of aldehydes is 1. The van der Waals surface area contributed by atoms with Crippen molar-refractivity contribution in [3.8, 4) is 17.2 Å². The van der Waals surface area contributed by atoms with Gasteiger partial charge in [0.1, 0.15) is 28.6 Å². The van der Waals surface area contributed by atoms with Gasteiger partial charge in [-0.15, -0.1) is 0 Å². The van der Waals surface area contributed by atoms with Crippen molar-refractivity contribution in [2.75, 3.05) is 7.11 Å². The molecular weight excluding hydrogens is 324 g/mol. The Kier molecular flexibility index (Phi) is 5.12. The predicted octanol–water partition coefficient (Wildman–Crippen LogP) is 3.40. The Morgan fingerprint density at radius 3 is 2.24 bits per heavy atom. The van der Waals surface area contributed by atoms with Gasteiger partial charge in [0.25, 0.3) is 0 Å². The largest absolute Gasteiger partial charge is 0.507 e. The van der Waals surface area contributed by atoms with Gasteiger partial charge in [-0.3, -0.25) is 9.59 Å². The molecule has 0 saturated carbocycles. The number of allylic oxidation sites excluding steroid dienone is 1. The molecule has 0 bridgehead atoms. The van der Waals surface area contributed by atoms with Crippen LogP contribution in [0, 0.1) is 6.92 Å². The molecule has 6 heteroatoms. The lowest BCUT2D eigenvalue weighted by Crippen LogP contribution is -2.08. The fourth-order valence-electron chi connectivity index (χ4n) is 2.55. The first-order chi connectivity index (χ1) is 11.8. The number of aliphatic hydroxyl groups excluding tert-OH is 1. The maximum absolute atomic E-state index is 12.7. The molecular formula is C19H18O6. The maximum Gasteiger partial charge on any atom is 0.199 e. The minimum Gasteiger partial charge on any atom is -0.507 e. The van der Waals surface area contributed by atoms with E-state index in [9.17, 15) is 24.9 Å². The van der Waals surface area contributed by atoms with Crippen LogP contribution in [-0.4, -0.2) is 34.5 Å². The number of phenolic OH excluding ortho intramolecular Hbond substituents is 2. The van der Waals surface area contributed by atoms with E-state index in [0.29, 0.717) is 11.8 Å². The van der Waals surface area contributed by atoms with Gasteiger partial charge in [0.15, 0.2) is 12.1 Å². The number of benzene rings is 2. The monoisotopic (exact) mass is 342 g/mol. The molecule has 130 valence electrons.